The fourth-order valence-corrected chi connectivity index (χ4v) is 15.8. The Bertz CT molecular complexity index is 1620. The van der Waals surface area contributed by atoms with Crippen molar-refractivity contribution in [2.24, 2.45) is 0 Å². The monoisotopic (exact) mass is 1660 g/mol. The van der Waals surface area contributed by atoms with Gasteiger partial charge in [-0.05, 0) is 0 Å². The molecule has 0 aromatic heterocycles. The second kappa shape index (κ2) is 153. The summed E-state index contributed by atoms with van der Waals surface area (Å²) in [6.45, 7) is 13.8. The van der Waals surface area contributed by atoms with Gasteiger partial charge in [-0.2, -0.15) is 57.5 Å². The maximum Gasteiger partial charge on any atom is 0.373 e. The van der Waals surface area contributed by atoms with Crippen molar-refractivity contribution in [3.8, 4) is 0 Å². The van der Waals surface area contributed by atoms with Crippen molar-refractivity contribution in [3.05, 3.63) is 0 Å². The summed E-state index contributed by atoms with van der Waals surface area (Å²) in [6.07, 6.45) is 139. The SMILES string of the molecule is CCCCCCCCCCCCCCCCCCCCCCCCCCCCCCC.CCCCCCCCCCCCCCCCCCCCCCCCCCCCCCCCC.CCCCCCCCCCCCCCCCCCCCCCCCCCCCCCCCCCC.O=C=O.O=C=O.O=C=O.O=C=O.O=C=O.O=C=O. The van der Waals surface area contributed by atoms with Gasteiger partial charge in [0, 0.05) is 0 Å². The van der Waals surface area contributed by atoms with E-state index < -0.39 is 0 Å². The van der Waals surface area contributed by atoms with Gasteiger partial charge in [-0.15, -0.1) is 0 Å². The molecule has 0 aliphatic heterocycles. The average molecular weight is 1660 g/mol. The maximum atomic E-state index is 8.12. The summed E-state index contributed by atoms with van der Waals surface area (Å²) >= 11 is 0. The molecule has 12 nitrogen and oxygen atoms in total. The Balaban J connectivity index is -0.000000193. The van der Waals surface area contributed by atoms with Gasteiger partial charge in [0.2, 0.25) is 0 Å². The number of rotatable bonds is 90. The summed E-state index contributed by atoms with van der Waals surface area (Å²) < 4.78 is 0. The second-order valence-corrected chi connectivity index (χ2v) is 34.3. The van der Waals surface area contributed by atoms with Crippen LogP contribution in [0.1, 0.15) is 639 Å². The van der Waals surface area contributed by atoms with Crippen LogP contribution >= 0.6 is 0 Å². The van der Waals surface area contributed by atoms with Crippen molar-refractivity contribution < 1.29 is 57.5 Å². The molecule has 0 saturated carbocycles. The molecule has 117 heavy (non-hydrogen) atoms. The summed E-state index contributed by atoms with van der Waals surface area (Å²) in [5, 5.41) is 0. The Labute approximate surface area is 729 Å². The van der Waals surface area contributed by atoms with Crippen LogP contribution in [-0.4, -0.2) is 36.9 Å². The lowest BCUT2D eigenvalue weighted by Gasteiger charge is -2.04. The molecule has 0 spiro atoms. The van der Waals surface area contributed by atoms with Gasteiger partial charge >= 0.3 is 36.9 Å². The van der Waals surface area contributed by atoms with Crippen molar-refractivity contribution in [2.75, 3.05) is 0 Å². The third-order valence-electron chi connectivity index (χ3n) is 23.1. The van der Waals surface area contributed by atoms with Crippen molar-refractivity contribution in [1.29, 1.82) is 0 Å². The Hall–Kier alpha value is -3.72. The number of hydrogen-bond acceptors (Lipinski definition) is 12. The molecule has 0 aliphatic carbocycles. The molecule has 0 fully saturated rings. The minimum absolute atomic E-state index is 0.250. The number of unbranched alkanes of at least 4 members (excludes halogenated alkanes) is 90. The van der Waals surface area contributed by atoms with Gasteiger partial charge in [0.25, 0.3) is 0 Å². The van der Waals surface area contributed by atoms with Crippen LogP contribution in [0.2, 0.25) is 0 Å². The lowest BCUT2D eigenvalue weighted by molar-refractivity contribution is -0.193. The predicted molar refractivity (Wildman–Crippen MR) is 493 cm³/mol. The highest BCUT2D eigenvalue weighted by atomic mass is 16.3. The molecule has 0 bridgehead atoms. The van der Waals surface area contributed by atoms with Crippen LogP contribution in [0.4, 0.5) is 0 Å². The minimum atomic E-state index is 0.250. The Morgan fingerprint density at radius 3 is 0.128 bits per heavy atom. The van der Waals surface area contributed by atoms with Crippen molar-refractivity contribution in [3.63, 3.8) is 0 Å². The van der Waals surface area contributed by atoms with Crippen LogP contribution in [0.25, 0.3) is 0 Å². The van der Waals surface area contributed by atoms with E-state index in [2.05, 4.69) is 41.5 Å². The first kappa shape index (κ1) is 131. The highest BCUT2D eigenvalue weighted by molar-refractivity contribution is 5.21. The molecular weight excluding hydrogens is 1450 g/mol. The molecular formula is C105H204O12. The van der Waals surface area contributed by atoms with Crippen LogP contribution in [0.3, 0.4) is 0 Å². The molecule has 696 valence electrons. The van der Waals surface area contributed by atoms with Crippen LogP contribution in [0.15, 0.2) is 0 Å². The molecule has 0 unspecified atom stereocenters. The third-order valence-corrected chi connectivity index (χ3v) is 23.1. The smallest absolute Gasteiger partial charge is 0.186 e. The quantitative estimate of drug-likeness (QED) is 0.0522. The van der Waals surface area contributed by atoms with E-state index in [1.165, 1.54) is 597 Å². The number of hydrogen-bond donors (Lipinski definition) is 0. The summed E-state index contributed by atoms with van der Waals surface area (Å²) in [7, 11) is 0. The van der Waals surface area contributed by atoms with E-state index in [-0.39, 0.29) is 36.9 Å². The zero-order chi connectivity index (χ0) is 88.0. The van der Waals surface area contributed by atoms with E-state index >= 15 is 0 Å². The van der Waals surface area contributed by atoms with Gasteiger partial charge in [-0.1, -0.05) is 639 Å². The highest BCUT2D eigenvalue weighted by Crippen LogP contribution is 2.22. The van der Waals surface area contributed by atoms with Crippen molar-refractivity contribution >= 4 is 36.9 Å². The van der Waals surface area contributed by atoms with Gasteiger partial charge in [-0.3, -0.25) is 0 Å². The van der Waals surface area contributed by atoms with E-state index in [0.29, 0.717) is 0 Å². The van der Waals surface area contributed by atoms with E-state index in [0.717, 1.165) is 0 Å². The van der Waals surface area contributed by atoms with Gasteiger partial charge in [0.05, 0.1) is 0 Å². The zero-order valence-electron chi connectivity index (χ0n) is 79.7. The Morgan fingerprint density at radius 1 is 0.0769 bits per heavy atom. The van der Waals surface area contributed by atoms with Gasteiger partial charge in [-0.25, -0.2) is 0 Å². The Kier molecular flexibility index (Phi) is 172. The van der Waals surface area contributed by atoms with Crippen molar-refractivity contribution in [2.45, 2.75) is 639 Å². The molecule has 0 aromatic carbocycles. The van der Waals surface area contributed by atoms with E-state index in [4.69, 9.17) is 57.5 Å². The molecule has 0 aliphatic rings. The molecule has 0 radical (unpaired) electrons. The lowest BCUT2D eigenvalue weighted by atomic mass is 10.0. The molecule has 0 heterocycles. The standard InChI is InChI=1S/C35H72.C33H68.C31H64.6CO2/c1-3-5-7-9-11-13-15-17-19-21-23-25-27-29-31-33-35-34-32-30-28-26-24-22-20-18-16-14-12-10-8-6-4-2;1-3-5-7-9-11-13-15-17-19-21-23-25-27-29-31-33-32-30-28-26-24-22-20-18-16-14-12-10-8-6-4-2;1-3-5-7-9-11-13-15-17-19-21-23-25-27-29-31-30-28-26-24-22-20-18-16-14-12-10-8-6-4-2;6*2-1-3/h3-35H2,1-2H3;3-33H2,1-2H3;3-31H2,1-2H3;;;;;;. The van der Waals surface area contributed by atoms with Crippen LogP contribution in [0, 0.1) is 0 Å². The van der Waals surface area contributed by atoms with Crippen LogP contribution in [-0.2, 0) is 57.5 Å². The maximum absolute atomic E-state index is 8.12. The number of carbonyl (C=O) groups excluding carboxylic acids is 12. The predicted octanol–water partition coefficient (Wildman–Crippen LogP) is 35.9. The summed E-state index contributed by atoms with van der Waals surface area (Å²) in [5.41, 5.74) is 0. The molecule has 0 amide bonds. The topological polar surface area (TPSA) is 205 Å². The fraction of sp³-hybridized carbons (Fsp3) is 0.943. The minimum Gasteiger partial charge on any atom is -0.186 e. The van der Waals surface area contributed by atoms with Crippen molar-refractivity contribution in [1.82, 2.24) is 0 Å². The van der Waals surface area contributed by atoms with E-state index in [9.17, 15) is 0 Å². The first-order chi connectivity index (χ1) is 57.7. The third kappa shape index (κ3) is 183. The normalized spacial score (nSPS) is 10.1. The van der Waals surface area contributed by atoms with E-state index in [1.807, 2.05) is 0 Å². The summed E-state index contributed by atoms with van der Waals surface area (Å²) in [5.74, 6) is 0. The molecule has 0 atom stereocenters. The van der Waals surface area contributed by atoms with Gasteiger partial charge in [0.15, 0.2) is 0 Å². The molecule has 0 N–H and O–H groups in total. The molecule has 0 aromatic rings. The largest absolute Gasteiger partial charge is 0.373 e. The van der Waals surface area contributed by atoms with Gasteiger partial charge in [0.1, 0.15) is 0 Å². The summed E-state index contributed by atoms with van der Waals surface area (Å²) in [4.78, 5) is 97.5. The zero-order valence-corrected chi connectivity index (χ0v) is 79.7. The Morgan fingerprint density at radius 2 is 0.103 bits per heavy atom. The first-order valence-corrected chi connectivity index (χ1v) is 51.7. The van der Waals surface area contributed by atoms with Gasteiger partial charge < -0.3 is 0 Å². The van der Waals surface area contributed by atoms with E-state index in [1.54, 1.807) is 0 Å². The lowest BCUT2D eigenvalue weighted by Crippen LogP contribution is -1.85. The molecule has 0 rings (SSSR count). The van der Waals surface area contributed by atoms with Crippen LogP contribution in [0.5, 0.6) is 0 Å². The first-order valence-electron chi connectivity index (χ1n) is 51.7. The molecule has 0 saturated heterocycles. The average Bonchev–Trinajstić information content (AvgIpc) is 1.93. The van der Waals surface area contributed by atoms with Crippen LogP contribution < -0.4 is 0 Å². The summed E-state index contributed by atoms with van der Waals surface area (Å²) in [6, 6.07) is 0. The highest BCUT2D eigenvalue weighted by Gasteiger charge is 2.03. The second-order valence-electron chi connectivity index (χ2n) is 34.3. The fourth-order valence-electron chi connectivity index (χ4n) is 15.8. The molecule has 12 heteroatoms.